The summed E-state index contributed by atoms with van der Waals surface area (Å²) in [7, 11) is 2.01. The minimum Gasteiger partial charge on any atom is -0.348 e. The van der Waals surface area contributed by atoms with Gasteiger partial charge in [0, 0.05) is 25.5 Å². The van der Waals surface area contributed by atoms with Crippen molar-refractivity contribution < 1.29 is 0 Å². The van der Waals surface area contributed by atoms with Gasteiger partial charge in [0.05, 0.1) is 22.4 Å². The van der Waals surface area contributed by atoms with Crippen LogP contribution in [0.25, 0.3) is 0 Å². The maximum Gasteiger partial charge on any atom is 0.0767 e. The summed E-state index contributed by atoms with van der Waals surface area (Å²) in [5.41, 5.74) is 11.3. The topological polar surface area (TPSA) is 48.8 Å². The highest BCUT2D eigenvalue weighted by Crippen LogP contribution is 2.29. The van der Waals surface area contributed by atoms with Crippen molar-refractivity contribution >= 4 is 15.9 Å². The molecule has 2 heterocycles. The lowest BCUT2D eigenvalue weighted by Crippen LogP contribution is -2.15. The molecule has 20 heavy (non-hydrogen) atoms. The second-order valence-electron chi connectivity index (χ2n) is 5.59. The van der Waals surface area contributed by atoms with Crippen LogP contribution in [0.3, 0.4) is 0 Å². The molecule has 0 aromatic carbocycles. The van der Waals surface area contributed by atoms with Crippen molar-refractivity contribution in [2.75, 3.05) is 0 Å². The second-order valence-corrected chi connectivity index (χ2v) is 6.39. The SMILES string of the molecule is CCc1nn(C)c(Cn2cc3c(c2)C(N)CCC3)c1Br. The quantitative estimate of drug-likeness (QED) is 0.936. The Hall–Kier alpha value is -1.07. The maximum absolute atomic E-state index is 6.20. The van der Waals surface area contributed by atoms with Crippen LogP contribution in [0, 0.1) is 0 Å². The summed E-state index contributed by atoms with van der Waals surface area (Å²) in [6.07, 6.45) is 8.87. The number of aryl methyl sites for hydroxylation is 3. The smallest absolute Gasteiger partial charge is 0.0767 e. The molecule has 108 valence electrons. The second kappa shape index (κ2) is 5.37. The third kappa shape index (κ3) is 2.33. The molecule has 0 aliphatic heterocycles. The molecular formula is C15H21BrN4. The third-order valence-corrected chi connectivity index (χ3v) is 5.11. The standard InChI is InChI=1S/C15H21BrN4/c1-3-13-15(16)14(19(2)18-13)9-20-7-10-5-4-6-12(17)11(10)8-20/h7-8,12H,3-6,9,17H2,1-2H3. The predicted octanol–water partition coefficient (Wildman–Crippen LogP) is 2.93. The lowest BCUT2D eigenvalue weighted by molar-refractivity contribution is 0.573. The Balaban J connectivity index is 1.90. The van der Waals surface area contributed by atoms with Gasteiger partial charge in [-0.2, -0.15) is 5.10 Å². The predicted molar refractivity (Wildman–Crippen MR) is 83.7 cm³/mol. The van der Waals surface area contributed by atoms with Gasteiger partial charge in [-0.1, -0.05) is 6.92 Å². The summed E-state index contributed by atoms with van der Waals surface area (Å²) >= 11 is 3.68. The number of fused-ring (bicyclic) bond motifs is 1. The minimum absolute atomic E-state index is 0.209. The van der Waals surface area contributed by atoms with Gasteiger partial charge in [0.25, 0.3) is 0 Å². The summed E-state index contributed by atoms with van der Waals surface area (Å²) in [4.78, 5) is 0. The Morgan fingerprint density at radius 1 is 1.45 bits per heavy atom. The molecule has 2 N–H and O–H groups in total. The molecule has 0 spiro atoms. The first-order valence-corrected chi connectivity index (χ1v) is 8.03. The third-order valence-electron chi connectivity index (χ3n) is 4.19. The highest BCUT2D eigenvalue weighted by atomic mass is 79.9. The van der Waals surface area contributed by atoms with Crippen LogP contribution in [0.4, 0.5) is 0 Å². The number of aromatic nitrogens is 3. The molecule has 0 amide bonds. The Morgan fingerprint density at radius 2 is 2.25 bits per heavy atom. The fourth-order valence-corrected chi connectivity index (χ4v) is 3.78. The molecule has 1 unspecified atom stereocenters. The fourth-order valence-electron chi connectivity index (χ4n) is 3.04. The van der Waals surface area contributed by atoms with E-state index >= 15 is 0 Å². The van der Waals surface area contributed by atoms with E-state index in [1.54, 1.807) is 0 Å². The number of hydrogen-bond acceptors (Lipinski definition) is 2. The van der Waals surface area contributed by atoms with Crippen molar-refractivity contribution in [3.05, 3.63) is 39.4 Å². The summed E-state index contributed by atoms with van der Waals surface area (Å²) in [5.74, 6) is 0. The van der Waals surface area contributed by atoms with E-state index in [1.807, 2.05) is 11.7 Å². The first-order chi connectivity index (χ1) is 9.60. The molecule has 1 atom stereocenters. The molecule has 0 saturated heterocycles. The van der Waals surface area contributed by atoms with Crippen molar-refractivity contribution in [2.24, 2.45) is 12.8 Å². The molecule has 5 heteroatoms. The normalized spacial score (nSPS) is 18.3. The van der Waals surface area contributed by atoms with Crippen LogP contribution in [0.5, 0.6) is 0 Å². The average Bonchev–Trinajstić information content (AvgIpc) is 2.95. The zero-order valence-electron chi connectivity index (χ0n) is 12.1. The van der Waals surface area contributed by atoms with Gasteiger partial charge >= 0.3 is 0 Å². The number of nitrogens with two attached hydrogens (primary N) is 1. The molecule has 2 aromatic heterocycles. The molecule has 0 saturated carbocycles. The van der Waals surface area contributed by atoms with Gasteiger partial charge in [0.2, 0.25) is 0 Å². The number of halogens is 1. The zero-order valence-corrected chi connectivity index (χ0v) is 13.7. The van der Waals surface area contributed by atoms with E-state index in [2.05, 4.69) is 44.9 Å². The van der Waals surface area contributed by atoms with Gasteiger partial charge < -0.3 is 10.3 Å². The van der Waals surface area contributed by atoms with Crippen LogP contribution < -0.4 is 5.73 Å². The molecule has 3 rings (SSSR count). The van der Waals surface area contributed by atoms with Crippen molar-refractivity contribution in [2.45, 2.75) is 45.2 Å². The Morgan fingerprint density at radius 3 is 2.90 bits per heavy atom. The Bertz CT molecular complexity index is 626. The molecule has 1 aliphatic carbocycles. The van der Waals surface area contributed by atoms with Gasteiger partial charge in [-0.25, -0.2) is 0 Å². The lowest BCUT2D eigenvalue weighted by Gasteiger charge is -2.17. The molecule has 2 aromatic rings. The van der Waals surface area contributed by atoms with E-state index in [9.17, 15) is 0 Å². The highest BCUT2D eigenvalue weighted by Gasteiger charge is 2.20. The first-order valence-electron chi connectivity index (χ1n) is 7.24. The van der Waals surface area contributed by atoms with E-state index in [-0.39, 0.29) is 6.04 Å². The molecular weight excluding hydrogens is 316 g/mol. The maximum atomic E-state index is 6.20. The van der Waals surface area contributed by atoms with Crippen LogP contribution in [-0.4, -0.2) is 14.3 Å². The monoisotopic (exact) mass is 336 g/mol. The fraction of sp³-hybridized carbons (Fsp3) is 0.533. The molecule has 0 radical (unpaired) electrons. The largest absolute Gasteiger partial charge is 0.348 e. The van der Waals surface area contributed by atoms with Crippen LogP contribution in [0.15, 0.2) is 16.9 Å². The van der Waals surface area contributed by atoms with Gasteiger partial charge in [0.15, 0.2) is 0 Å². The van der Waals surface area contributed by atoms with Gasteiger partial charge in [0.1, 0.15) is 0 Å². The summed E-state index contributed by atoms with van der Waals surface area (Å²) in [6.45, 7) is 2.97. The van der Waals surface area contributed by atoms with Gasteiger partial charge in [-0.05, 0) is 52.7 Å². The molecule has 1 aliphatic rings. The highest BCUT2D eigenvalue weighted by molar-refractivity contribution is 9.10. The zero-order chi connectivity index (χ0) is 14.3. The van der Waals surface area contributed by atoms with E-state index in [0.29, 0.717) is 0 Å². The average molecular weight is 337 g/mol. The van der Waals surface area contributed by atoms with Crippen LogP contribution in [0.2, 0.25) is 0 Å². The lowest BCUT2D eigenvalue weighted by atomic mass is 9.92. The van der Waals surface area contributed by atoms with Crippen LogP contribution in [0.1, 0.15) is 48.3 Å². The summed E-state index contributed by atoms with van der Waals surface area (Å²) < 4.78 is 5.36. The number of hydrogen-bond donors (Lipinski definition) is 1. The Labute approximate surface area is 128 Å². The van der Waals surface area contributed by atoms with Gasteiger partial charge in [-0.15, -0.1) is 0 Å². The summed E-state index contributed by atoms with van der Waals surface area (Å²) in [5, 5.41) is 4.55. The molecule has 0 bridgehead atoms. The summed E-state index contributed by atoms with van der Waals surface area (Å²) in [6, 6.07) is 0.209. The van der Waals surface area contributed by atoms with E-state index < -0.39 is 0 Å². The van der Waals surface area contributed by atoms with Crippen LogP contribution in [-0.2, 0) is 26.4 Å². The van der Waals surface area contributed by atoms with Crippen LogP contribution >= 0.6 is 15.9 Å². The van der Waals surface area contributed by atoms with E-state index in [4.69, 9.17) is 5.73 Å². The van der Waals surface area contributed by atoms with E-state index in [0.717, 1.165) is 36.0 Å². The van der Waals surface area contributed by atoms with Crippen molar-refractivity contribution in [3.8, 4) is 0 Å². The molecule has 4 nitrogen and oxygen atoms in total. The van der Waals surface area contributed by atoms with Crippen molar-refractivity contribution in [1.82, 2.24) is 14.3 Å². The number of rotatable bonds is 3. The van der Waals surface area contributed by atoms with Crippen molar-refractivity contribution in [1.29, 1.82) is 0 Å². The van der Waals surface area contributed by atoms with E-state index in [1.165, 1.54) is 23.2 Å². The minimum atomic E-state index is 0.209. The van der Waals surface area contributed by atoms with Crippen molar-refractivity contribution in [3.63, 3.8) is 0 Å². The molecule has 0 fully saturated rings. The first kappa shape index (κ1) is 13.9. The van der Waals surface area contributed by atoms with Gasteiger partial charge in [-0.3, -0.25) is 4.68 Å². The Kier molecular flexibility index (Phi) is 3.73. The number of nitrogens with zero attached hydrogens (tertiary/aromatic N) is 3.